The van der Waals surface area contributed by atoms with E-state index in [0.717, 1.165) is 12.8 Å². The molecule has 0 rings (SSSR count). The third-order valence-corrected chi connectivity index (χ3v) is 4.50. The van der Waals surface area contributed by atoms with Gasteiger partial charge in [-0.05, 0) is 55.3 Å². The van der Waals surface area contributed by atoms with E-state index < -0.39 is 0 Å². The Kier molecular flexibility index (Phi) is 8.74. The van der Waals surface area contributed by atoms with Gasteiger partial charge in [0.2, 0.25) is 0 Å². The summed E-state index contributed by atoms with van der Waals surface area (Å²) >= 11 is 0. The first-order valence-corrected chi connectivity index (χ1v) is 8.44. The number of allylic oxidation sites excluding steroid dienone is 1. The van der Waals surface area contributed by atoms with Crippen molar-refractivity contribution in [2.75, 3.05) is 0 Å². The van der Waals surface area contributed by atoms with Gasteiger partial charge in [0.1, 0.15) is 0 Å². The Bertz CT molecular complexity index is 259. The summed E-state index contributed by atoms with van der Waals surface area (Å²) in [6.07, 6.45) is 10.6. The molecule has 0 saturated carbocycles. The fourth-order valence-electron chi connectivity index (χ4n) is 2.63. The summed E-state index contributed by atoms with van der Waals surface area (Å²) < 4.78 is 0. The summed E-state index contributed by atoms with van der Waals surface area (Å²) in [5.74, 6) is 0.646. The fourth-order valence-corrected chi connectivity index (χ4v) is 2.63. The Labute approximate surface area is 128 Å². The van der Waals surface area contributed by atoms with Crippen molar-refractivity contribution in [2.24, 2.45) is 22.5 Å². The van der Waals surface area contributed by atoms with Crippen molar-refractivity contribution in [1.82, 2.24) is 0 Å². The van der Waals surface area contributed by atoms with Crippen LogP contribution in [0.1, 0.15) is 86.5 Å². The maximum atomic E-state index is 6.38. The zero-order valence-corrected chi connectivity index (χ0v) is 15.0. The Morgan fingerprint density at radius 3 is 2.10 bits per heavy atom. The first-order valence-electron chi connectivity index (χ1n) is 8.44. The second-order valence-electron chi connectivity index (χ2n) is 8.62. The van der Waals surface area contributed by atoms with Crippen molar-refractivity contribution >= 4 is 0 Å². The molecule has 2 N–H and O–H groups in total. The number of rotatable bonds is 10. The Morgan fingerprint density at radius 1 is 1.00 bits per heavy atom. The SMILES string of the molecule is C=CCCC(C)(C)CC[C@@H](N)C(C)CCCC(C)(C)C. The van der Waals surface area contributed by atoms with Crippen LogP contribution in [-0.4, -0.2) is 6.04 Å². The molecule has 0 aliphatic heterocycles. The van der Waals surface area contributed by atoms with E-state index in [9.17, 15) is 0 Å². The van der Waals surface area contributed by atoms with Crippen LogP contribution in [0, 0.1) is 16.7 Å². The largest absolute Gasteiger partial charge is 0.327 e. The third-order valence-electron chi connectivity index (χ3n) is 4.50. The second-order valence-corrected chi connectivity index (χ2v) is 8.62. The van der Waals surface area contributed by atoms with E-state index in [1.54, 1.807) is 0 Å². The molecular weight excluding hydrogens is 242 g/mol. The molecule has 0 aromatic carbocycles. The van der Waals surface area contributed by atoms with Gasteiger partial charge in [-0.1, -0.05) is 54.0 Å². The molecule has 0 heterocycles. The predicted molar refractivity (Wildman–Crippen MR) is 92.9 cm³/mol. The van der Waals surface area contributed by atoms with Crippen molar-refractivity contribution in [1.29, 1.82) is 0 Å². The molecule has 0 aliphatic carbocycles. The van der Waals surface area contributed by atoms with Gasteiger partial charge in [-0.15, -0.1) is 6.58 Å². The molecule has 0 bridgehead atoms. The van der Waals surface area contributed by atoms with Crippen LogP contribution in [0.3, 0.4) is 0 Å². The van der Waals surface area contributed by atoms with E-state index in [1.807, 2.05) is 6.08 Å². The molecule has 1 nitrogen and oxygen atoms in total. The zero-order valence-electron chi connectivity index (χ0n) is 15.0. The molecule has 0 aromatic heterocycles. The van der Waals surface area contributed by atoms with Crippen molar-refractivity contribution in [2.45, 2.75) is 92.5 Å². The lowest BCUT2D eigenvalue weighted by atomic mass is 9.80. The van der Waals surface area contributed by atoms with Gasteiger partial charge in [-0.25, -0.2) is 0 Å². The summed E-state index contributed by atoms with van der Waals surface area (Å²) in [5, 5.41) is 0. The van der Waals surface area contributed by atoms with Gasteiger partial charge in [0.25, 0.3) is 0 Å². The summed E-state index contributed by atoms with van der Waals surface area (Å²) in [6, 6.07) is 0.359. The van der Waals surface area contributed by atoms with E-state index in [4.69, 9.17) is 5.73 Å². The van der Waals surface area contributed by atoms with Crippen molar-refractivity contribution in [3.8, 4) is 0 Å². The van der Waals surface area contributed by atoms with Crippen LogP contribution in [0.15, 0.2) is 12.7 Å². The van der Waals surface area contributed by atoms with Gasteiger partial charge in [-0.3, -0.25) is 0 Å². The molecule has 0 saturated heterocycles. The number of hydrogen-bond donors (Lipinski definition) is 1. The molecule has 120 valence electrons. The minimum absolute atomic E-state index is 0.359. The second kappa shape index (κ2) is 8.87. The van der Waals surface area contributed by atoms with Gasteiger partial charge in [0.15, 0.2) is 0 Å². The zero-order chi connectivity index (χ0) is 15.8. The van der Waals surface area contributed by atoms with E-state index >= 15 is 0 Å². The summed E-state index contributed by atoms with van der Waals surface area (Å²) in [4.78, 5) is 0. The van der Waals surface area contributed by atoms with E-state index in [-0.39, 0.29) is 0 Å². The van der Waals surface area contributed by atoms with Gasteiger partial charge in [0.05, 0.1) is 0 Å². The normalized spacial score (nSPS) is 15.9. The van der Waals surface area contributed by atoms with Crippen LogP contribution in [0.2, 0.25) is 0 Å². The summed E-state index contributed by atoms with van der Waals surface area (Å²) in [6.45, 7) is 17.8. The molecule has 1 unspecified atom stereocenters. The minimum atomic E-state index is 0.359. The topological polar surface area (TPSA) is 26.0 Å². The average Bonchev–Trinajstić information content (AvgIpc) is 2.32. The number of hydrogen-bond acceptors (Lipinski definition) is 1. The van der Waals surface area contributed by atoms with Gasteiger partial charge in [-0.2, -0.15) is 0 Å². The molecule has 1 heteroatoms. The highest BCUT2D eigenvalue weighted by molar-refractivity contribution is 4.79. The molecule has 0 aliphatic rings. The van der Waals surface area contributed by atoms with Gasteiger partial charge < -0.3 is 5.73 Å². The quantitative estimate of drug-likeness (QED) is 0.493. The maximum Gasteiger partial charge on any atom is 0.00647 e. The van der Waals surface area contributed by atoms with Crippen LogP contribution in [0.4, 0.5) is 0 Å². The standard InChI is InChI=1S/C19H39N/c1-8-9-14-19(6,7)15-12-17(20)16(2)11-10-13-18(3,4)5/h8,16-17H,1,9-15,20H2,2-7H3/t16?,17-/m1/s1. The summed E-state index contributed by atoms with van der Waals surface area (Å²) in [5.41, 5.74) is 7.24. The Morgan fingerprint density at radius 2 is 1.60 bits per heavy atom. The molecule has 0 aromatic rings. The smallest absolute Gasteiger partial charge is 0.00647 e. The first kappa shape index (κ1) is 19.7. The lowest BCUT2D eigenvalue weighted by Crippen LogP contribution is -2.30. The van der Waals surface area contributed by atoms with E-state index in [2.05, 4.69) is 48.1 Å². The molecule has 0 fully saturated rings. The van der Waals surface area contributed by atoms with Gasteiger partial charge >= 0.3 is 0 Å². The highest BCUT2D eigenvalue weighted by Gasteiger charge is 2.21. The van der Waals surface area contributed by atoms with Crippen molar-refractivity contribution in [3.05, 3.63) is 12.7 Å². The van der Waals surface area contributed by atoms with Crippen molar-refractivity contribution in [3.63, 3.8) is 0 Å². The van der Waals surface area contributed by atoms with Crippen LogP contribution < -0.4 is 5.73 Å². The lowest BCUT2D eigenvalue weighted by Gasteiger charge is -2.28. The Hall–Kier alpha value is -0.300. The van der Waals surface area contributed by atoms with Crippen LogP contribution in [0.5, 0.6) is 0 Å². The van der Waals surface area contributed by atoms with Crippen LogP contribution in [-0.2, 0) is 0 Å². The average molecular weight is 282 g/mol. The Balaban J connectivity index is 3.95. The highest BCUT2D eigenvalue weighted by Crippen LogP contribution is 2.30. The van der Waals surface area contributed by atoms with Gasteiger partial charge in [0, 0.05) is 6.04 Å². The molecular formula is C19H39N. The predicted octanol–water partition coefficient (Wildman–Crippen LogP) is 5.94. The van der Waals surface area contributed by atoms with Crippen LogP contribution >= 0.6 is 0 Å². The molecule has 0 spiro atoms. The molecule has 2 atom stereocenters. The summed E-state index contributed by atoms with van der Waals surface area (Å²) in [7, 11) is 0. The van der Waals surface area contributed by atoms with Crippen molar-refractivity contribution < 1.29 is 0 Å². The number of nitrogens with two attached hydrogens (primary N) is 1. The monoisotopic (exact) mass is 281 g/mol. The molecule has 0 amide bonds. The molecule has 20 heavy (non-hydrogen) atoms. The highest BCUT2D eigenvalue weighted by atomic mass is 14.6. The first-order chi connectivity index (χ1) is 9.07. The molecule has 0 radical (unpaired) electrons. The third kappa shape index (κ3) is 10.5. The minimum Gasteiger partial charge on any atom is -0.327 e. The lowest BCUT2D eigenvalue weighted by molar-refractivity contribution is 0.264. The maximum absolute atomic E-state index is 6.38. The fraction of sp³-hybridized carbons (Fsp3) is 0.895. The van der Waals surface area contributed by atoms with E-state index in [1.165, 1.54) is 32.1 Å². The van der Waals surface area contributed by atoms with E-state index in [0.29, 0.717) is 22.8 Å². The van der Waals surface area contributed by atoms with Crippen LogP contribution in [0.25, 0.3) is 0 Å².